The normalized spacial score (nSPS) is 12.5. The Morgan fingerprint density at radius 1 is 1.40 bits per heavy atom. The summed E-state index contributed by atoms with van der Waals surface area (Å²) in [5, 5.41) is 0.726. The van der Waals surface area contributed by atoms with Gasteiger partial charge in [-0.3, -0.25) is 0 Å². The van der Waals surface area contributed by atoms with Crippen LogP contribution in [0.15, 0.2) is 28.7 Å². The summed E-state index contributed by atoms with van der Waals surface area (Å²) in [6.07, 6.45) is 1.17. The average molecular weight is 334 g/mol. The molecule has 0 fully saturated rings. The monoisotopic (exact) mass is 334 g/mol. The third kappa shape index (κ3) is 4.50. The van der Waals surface area contributed by atoms with E-state index in [-0.39, 0.29) is 5.78 Å². The first kappa shape index (κ1) is 13.0. The molecule has 3 heteroatoms. The zero-order valence-electron chi connectivity index (χ0n) is 9.00. The first-order valence-electron chi connectivity index (χ1n) is 5.04. The van der Waals surface area contributed by atoms with Crippen molar-refractivity contribution in [2.45, 2.75) is 30.4 Å². The molecular formula is C12H15BrOSe. The zero-order chi connectivity index (χ0) is 11.3. The molecule has 0 spiro atoms. The fourth-order valence-electron chi connectivity index (χ4n) is 1.05. The van der Waals surface area contributed by atoms with Crippen molar-refractivity contribution in [3.8, 4) is 0 Å². The number of hydrogen-bond donors (Lipinski definition) is 0. The molecule has 0 N–H and O–H groups in total. The van der Waals surface area contributed by atoms with Gasteiger partial charge in [0.2, 0.25) is 0 Å². The van der Waals surface area contributed by atoms with Crippen LogP contribution in [-0.2, 0) is 0 Å². The first-order valence-corrected chi connectivity index (χ1v) is 8.03. The topological polar surface area (TPSA) is 17.1 Å². The van der Waals surface area contributed by atoms with Gasteiger partial charge >= 0.3 is 106 Å². The molecule has 0 heterocycles. The molecule has 0 bridgehead atoms. The van der Waals surface area contributed by atoms with Crippen LogP contribution in [-0.4, -0.2) is 20.7 Å². The van der Waals surface area contributed by atoms with Crippen LogP contribution in [0.1, 0.15) is 30.6 Å². The molecular weight excluding hydrogens is 319 g/mol. The number of rotatable bonds is 5. The van der Waals surface area contributed by atoms with Crippen LogP contribution >= 0.6 is 15.9 Å². The number of benzene rings is 1. The molecule has 0 radical (unpaired) electrons. The zero-order valence-corrected chi connectivity index (χ0v) is 12.3. The molecule has 1 aromatic carbocycles. The van der Waals surface area contributed by atoms with Crippen molar-refractivity contribution >= 4 is 36.7 Å². The van der Waals surface area contributed by atoms with Gasteiger partial charge in [-0.15, -0.1) is 0 Å². The Morgan fingerprint density at radius 2 is 2.00 bits per heavy atom. The number of halogens is 1. The molecule has 0 aliphatic heterocycles. The molecule has 1 rings (SSSR count). The molecule has 0 aliphatic carbocycles. The SMILES string of the molecule is CCC(C)[Se]CC(=O)c1ccc(Br)cc1. The molecule has 15 heavy (non-hydrogen) atoms. The summed E-state index contributed by atoms with van der Waals surface area (Å²) >= 11 is 3.80. The van der Waals surface area contributed by atoms with Crippen molar-refractivity contribution in [1.82, 2.24) is 0 Å². The van der Waals surface area contributed by atoms with Gasteiger partial charge in [-0.25, -0.2) is 0 Å². The number of carbonyl (C=O) groups is 1. The van der Waals surface area contributed by atoms with Crippen LogP contribution in [0.25, 0.3) is 0 Å². The summed E-state index contributed by atoms with van der Waals surface area (Å²) in [6.45, 7) is 4.39. The molecule has 1 aromatic rings. The number of ketones is 1. The second-order valence-electron chi connectivity index (χ2n) is 3.46. The van der Waals surface area contributed by atoms with Crippen LogP contribution in [0, 0.1) is 0 Å². The Kier molecular flexibility index (Phi) is 5.59. The molecule has 1 unspecified atom stereocenters. The fourth-order valence-corrected chi connectivity index (χ4v) is 3.08. The van der Waals surface area contributed by atoms with Gasteiger partial charge in [-0.05, 0) is 0 Å². The van der Waals surface area contributed by atoms with E-state index in [9.17, 15) is 4.79 Å². The van der Waals surface area contributed by atoms with E-state index in [1.54, 1.807) is 0 Å². The number of hydrogen-bond acceptors (Lipinski definition) is 1. The quantitative estimate of drug-likeness (QED) is 0.588. The minimum absolute atomic E-state index is 0.280. The summed E-state index contributed by atoms with van der Waals surface area (Å²) in [4.78, 5) is 12.5. The average Bonchev–Trinajstić information content (AvgIpc) is 2.26. The predicted octanol–water partition coefficient (Wildman–Crippen LogP) is 3.97. The van der Waals surface area contributed by atoms with E-state index in [1.807, 2.05) is 24.3 Å². The van der Waals surface area contributed by atoms with Crippen molar-refractivity contribution in [2.75, 3.05) is 0 Å². The Labute approximate surface area is 106 Å². The van der Waals surface area contributed by atoms with E-state index < -0.39 is 0 Å². The maximum absolute atomic E-state index is 11.8. The van der Waals surface area contributed by atoms with E-state index in [0.29, 0.717) is 19.8 Å². The second kappa shape index (κ2) is 6.47. The van der Waals surface area contributed by atoms with E-state index >= 15 is 0 Å². The third-order valence-corrected chi connectivity index (χ3v) is 5.56. The summed E-state index contributed by atoms with van der Waals surface area (Å²) in [5.41, 5.74) is 0.836. The number of Topliss-reactive ketones (excluding diaryl/α,β-unsaturated/α-hetero) is 1. The molecule has 0 aliphatic rings. The Hall–Kier alpha value is -0.111. The Morgan fingerprint density at radius 3 is 2.53 bits per heavy atom. The van der Waals surface area contributed by atoms with E-state index in [1.165, 1.54) is 6.42 Å². The van der Waals surface area contributed by atoms with Gasteiger partial charge in [0.15, 0.2) is 0 Å². The van der Waals surface area contributed by atoms with Crippen molar-refractivity contribution in [3.05, 3.63) is 34.3 Å². The second-order valence-corrected chi connectivity index (χ2v) is 7.37. The fraction of sp³-hybridized carbons (Fsp3) is 0.417. The van der Waals surface area contributed by atoms with E-state index in [0.717, 1.165) is 15.4 Å². The van der Waals surface area contributed by atoms with Crippen LogP contribution in [0.5, 0.6) is 0 Å². The Balaban J connectivity index is 2.50. The molecule has 0 saturated carbocycles. The minimum atomic E-state index is 0.280. The van der Waals surface area contributed by atoms with Crippen molar-refractivity contribution < 1.29 is 4.79 Å². The van der Waals surface area contributed by atoms with E-state index in [4.69, 9.17) is 0 Å². The van der Waals surface area contributed by atoms with Crippen molar-refractivity contribution in [1.29, 1.82) is 0 Å². The molecule has 1 nitrogen and oxygen atoms in total. The first-order chi connectivity index (χ1) is 7.13. The molecule has 1 atom stereocenters. The summed E-state index contributed by atoms with van der Waals surface area (Å²) in [6, 6.07) is 7.62. The van der Waals surface area contributed by atoms with Gasteiger partial charge in [-0.2, -0.15) is 0 Å². The molecule has 0 saturated heterocycles. The molecule has 0 amide bonds. The van der Waals surface area contributed by atoms with Crippen LogP contribution in [0.2, 0.25) is 10.1 Å². The third-order valence-electron chi connectivity index (χ3n) is 2.24. The number of carbonyl (C=O) groups excluding carboxylic acids is 1. The van der Waals surface area contributed by atoms with Crippen LogP contribution < -0.4 is 0 Å². The standard InChI is InChI=1S/C12H15BrOSe/c1-3-9(2)15-8-12(14)10-4-6-11(13)7-5-10/h4-7,9H,3,8H2,1-2H3. The van der Waals surface area contributed by atoms with Gasteiger partial charge in [0.05, 0.1) is 0 Å². The molecule has 0 aromatic heterocycles. The summed E-state index contributed by atoms with van der Waals surface area (Å²) < 4.78 is 1.02. The van der Waals surface area contributed by atoms with Gasteiger partial charge in [-0.1, -0.05) is 0 Å². The summed E-state index contributed by atoms with van der Waals surface area (Å²) in [7, 11) is 0. The van der Waals surface area contributed by atoms with Crippen LogP contribution in [0.3, 0.4) is 0 Å². The maximum atomic E-state index is 11.8. The Bertz CT molecular complexity index is 321. The summed E-state index contributed by atoms with van der Waals surface area (Å²) in [5.74, 6) is 0.280. The van der Waals surface area contributed by atoms with Gasteiger partial charge in [0.1, 0.15) is 0 Å². The van der Waals surface area contributed by atoms with Gasteiger partial charge in [0.25, 0.3) is 0 Å². The van der Waals surface area contributed by atoms with Crippen molar-refractivity contribution in [2.24, 2.45) is 0 Å². The molecule has 82 valence electrons. The van der Waals surface area contributed by atoms with Crippen LogP contribution in [0.4, 0.5) is 0 Å². The predicted molar refractivity (Wildman–Crippen MR) is 68.7 cm³/mol. The van der Waals surface area contributed by atoms with E-state index in [2.05, 4.69) is 29.8 Å². The van der Waals surface area contributed by atoms with Crippen molar-refractivity contribution in [3.63, 3.8) is 0 Å². The van der Waals surface area contributed by atoms with Gasteiger partial charge in [0, 0.05) is 0 Å². The van der Waals surface area contributed by atoms with Gasteiger partial charge < -0.3 is 0 Å².